The maximum absolute atomic E-state index is 12.3. The van der Waals surface area contributed by atoms with Crippen LogP contribution in [0.1, 0.15) is 15.9 Å². The Labute approximate surface area is 123 Å². The summed E-state index contributed by atoms with van der Waals surface area (Å²) < 4.78 is 10.3. The molecule has 5 heteroatoms. The van der Waals surface area contributed by atoms with Crippen LogP contribution < -0.4 is 20.5 Å². The van der Waals surface area contributed by atoms with Crippen molar-refractivity contribution in [2.24, 2.45) is 0 Å². The molecule has 0 bridgehead atoms. The summed E-state index contributed by atoms with van der Waals surface area (Å²) >= 11 is 0. The number of carbonyl (C=O) groups is 1. The summed E-state index contributed by atoms with van der Waals surface area (Å²) in [5.41, 5.74) is 8.51. The number of hydrogen-bond donors (Lipinski definition) is 2. The first kappa shape index (κ1) is 14.7. The average molecular weight is 286 g/mol. The number of amides is 1. The van der Waals surface area contributed by atoms with E-state index in [1.165, 1.54) is 7.11 Å². The maximum atomic E-state index is 12.3. The summed E-state index contributed by atoms with van der Waals surface area (Å²) in [5.74, 6) is 0.817. The highest BCUT2D eigenvalue weighted by atomic mass is 16.5. The summed E-state index contributed by atoms with van der Waals surface area (Å²) in [6.45, 7) is 1.94. The molecule has 2 rings (SSSR count). The third-order valence-electron chi connectivity index (χ3n) is 3.10. The van der Waals surface area contributed by atoms with Crippen LogP contribution in [-0.2, 0) is 0 Å². The van der Waals surface area contributed by atoms with Crippen LogP contribution in [0.5, 0.6) is 11.5 Å². The van der Waals surface area contributed by atoms with E-state index in [1.807, 2.05) is 19.1 Å². The predicted octanol–water partition coefficient (Wildman–Crippen LogP) is 2.85. The van der Waals surface area contributed by atoms with Crippen molar-refractivity contribution < 1.29 is 14.3 Å². The second kappa shape index (κ2) is 6.17. The molecule has 0 saturated carbocycles. The number of nitrogens with two attached hydrogens (primary N) is 1. The fourth-order valence-electron chi connectivity index (χ4n) is 1.97. The summed E-state index contributed by atoms with van der Waals surface area (Å²) in [6.07, 6.45) is 0. The van der Waals surface area contributed by atoms with E-state index in [2.05, 4.69) is 5.32 Å². The quantitative estimate of drug-likeness (QED) is 0.848. The first-order chi connectivity index (χ1) is 10.0. The van der Waals surface area contributed by atoms with Gasteiger partial charge in [0.1, 0.15) is 0 Å². The first-order valence-corrected chi connectivity index (χ1v) is 6.44. The Morgan fingerprint density at radius 2 is 1.76 bits per heavy atom. The highest BCUT2D eigenvalue weighted by Crippen LogP contribution is 2.28. The van der Waals surface area contributed by atoms with Gasteiger partial charge in [-0.15, -0.1) is 0 Å². The van der Waals surface area contributed by atoms with Crippen LogP contribution in [0.15, 0.2) is 36.4 Å². The molecule has 0 fully saturated rings. The fourth-order valence-corrected chi connectivity index (χ4v) is 1.97. The van der Waals surface area contributed by atoms with Gasteiger partial charge in [-0.2, -0.15) is 0 Å². The van der Waals surface area contributed by atoms with Crippen molar-refractivity contribution >= 4 is 17.3 Å². The Bertz CT molecular complexity index is 669. The van der Waals surface area contributed by atoms with Crippen molar-refractivity contribution in [3.05, 3.63) is 47.5 Å². The zero-order chi connectivity index (χ0) is 15.4. The summed E-state index contributed by atoms with van der Waals surface area (Å²) in [7, 11) is 3.07. The number of ether oxygens (including phenoxy) is 2. The van der Waals surface area contributed by atoms with Crippen LogP contribution >= 0.6 is 0 Å². The molecule has 0 atom stereocenters. The van der Waals surface area contributed by atoms with E-state index in [4.69, 9.17) is 15.2 Å². The molecule has 0 unspecified atom stereocenters. The molecule has 0 heterocycles. The molecular formula is C16H18N2O3. The Hall–Kier alpha value is -2.69. The Balaban J connectivity index is 2.24. The molecule has 3 N–H and O–H groups in total. The van der Waals surface area contributed by atoms with Crippen LogP contribution in [0, 0.1) is 6.92 Å². The maximum Gasteiger partial charge on any atom is 0.255 e. The van der Waals surface area contributed by atoms with Gasteiger partial charge in [0.05, 0.1) is 25.6 Å². The molecule has 21 heavy (non-hydrogen) atoms. The van der Waals surface area contributed by atoms with E-state index < -0.39 is 0 Å². The summed E-state index contributed by atoms with van der Waals surface area (Å²) in [6, 6.07) is 10.5. The van der Waals surface area contributed by atoms with E-state index >= 15 is 0 Å². The molecular weight excluding hydrogens is 268 g/mol. The first-order valence-electron chi connectivity index (χ1n) is 6.44. The number of methoxy groups -OCH3 is 2. The van der Waals surface area contributed by atoms with E-state index in [1.54, 1.807) is 31.4 Å². The molecule has 0 aliphatic heterocycles. The number of hydrogen-bond acceptors (Lipinski definition) is 4. The molecule has 1 amide bonds. The third kappa shape index (κ3) is 3.25. The summed E-state index contributed by atoms with van der Waals surface area (Å²) in [5, 5.41) is 2.78. The minimum absolute atomic E-state index is 0.258. The normalized spacial score (nSPS) is 10.0. The molecule has 0 saturated heterocycles. The zero-order valence-corrected chi connectivity index (χ0v) is 12.3. The second-order valence-corrected chi connectivity index (χ2v) is 4.61. The van der Waals surface area contributed by atoms with E-state index in [0.29, 0.717) is 28.4 Å². The Kier molecular flexibility index (Phi) is 4.33. The van der Waals surface area contributed by atoms with Gasteiger partial charge < -0.3 is 20.5 Å². The molecule has 0 aliphatic rings. The highest BCUT2D eigenvalue weighted by Gasteiger charge is 2.12. The van der Waals surface area contributed by atoms with Crippen molar-refractivity contribution in [3.8, 4) is 11.5 Å². The molecule has 0 radical (unpaired) electrons. The van der Waals surface area contributed by atoms with Crippen molar-refractivity contribution in [1.82, 2.24) is 0 Å². The van der Waals surface area contributed by atoms with E-state index in [-0.39, 0.29) is 5.91 Å². The lowest BCUT2D eigenvalue weighted by atomic mass is 10.1. The van der Waals surface area contributed by atoms with Gasteiger partial charge in [-0.3, -0.25) is 4.79 Å². The van der Waals surface area contributed by atoms with Gasteiger partial charge in [-0.05, 0) is 42.8 Å². The van der Waals surface area contributed by atoms with Crippen LogP contribution in [0.2, 0.25) is 0 Å². The van der Waals surface area contributed by atoms with Crippen molar-refractivity contribution in [2.45, 2.75) is 6.92 Å². The number of anilines is 2. The van der Waals surface area contributed by atoms with Crippen LogP contribution in [0.3, 0.4) is 0 Å². The zero-order valence-electron chi connectivity index (χ0n) is 12.3. The minimum Gasteiger partial charge on any atom is -0.493 e. The number of rotatable bonds is 4. The smallest absolute Gasteiger partial charge is 0.255 e. The highest BCUT2D eigenvalue weighted by molar-refractivity contribution is 6.06. The van der Waals surface area contributed by atoms with E-state index in [0.717, 1.165) is 5.56 Å². The van der Waals surface area contributed by atoms with E-state index in [9.17, 15) is 4.79 Å². The van der Waals surface area contributed by atoms with Crippen LogP contribution in [0.4, 0.5) is 11.4 Å². The Morgan fingerprint density at radius 3 is 2.38 bits per heavy atom. The Morgan fingerprint density at radius 1 is 1.05 bits per heavy atom. The summed E-state index contributed by atoms with van der Waals surface area (Å²) in [4.78, 5) is 12.3. The van der Waals surface area contributed by atoms with Gasteiger partial charge in [0.2, 0.25) is 0 Å². The number of carbonyl (C=O) groups excluding carboxylic acids is 1. The second-order valence-electron chi connectivity index (χ2n) is 4.61. The lowest BCUT2D eigenvalue weighted by molar-refractivity contribution is 0.102. The van der Waals surface area contributed by atoms with Crippen molar-refractivity contribution in [3.63, 3.8) is 0 Å². The van der Waals surface area contributed by atoms with Gasteiger partial charge in [-0.25, -0.2) is 0 Å². The topological polar surface area (TPSA) is 73.6 Å². The molecule has 0 aromatic heterocycles. The van der Waals surface area contributed by atoms with Crippen LogP contribution in [0.25, 0.3) is 0 Å². The van der Waals surface area contributed by atoms with Crippen LogP contribution in [-0.4, -0.2) is 20.1 Å². The van der Waals surface area contributed by atoms with Gasteiger partial charge in [-0.1, -0.05) is 6.07 Å². The molecule has 2 aromatic rings. The SMILES string of the molecule is COc1ccc(C(=O)Nc2ccc(C)cc2N)cc1OC. The van der Waals surface area contributed by atoms with Gasteiger partial charge in [0.15, 0.2) is 11.5 Å². The fraction of sp³-hybridized carbons (Fsp3) is 0.188. The lowest BCUT2D eigenvalue weighted by Gasteiger charge is -2.11. The number of aryl methyl sites for hydroxylation is 1. The monoisotopic (exact) mass is 286 g/mol. The molecule has 0 aliphatic carbocycles. The van der Waals surface area contributed by atoms with Gasteiger partial charge in [0.25, 0.3) is 5.91 Å². The van der Waals surface area contributed by atoms with Gasteiger partial charge in [0, 0.05) is 5.56 Å². The van der Waals surface area contributed by atoms with Gasteiger partial charge >= 0.3 is 0 Å². The molecule has 110 valence electrons. The number of nitrogens with one attached hydrogen (secondary N) is 1. The standard InChI is InChI=1S/C16H18N2O3/c1-10-4-6-13(12(17)8-10)18-16(19)11-5-7-14(20-2)15(9-11)21-3/h4-9H,17H2,1-3H3,(H,18,19). The number of nitrogen functional groups attached to an aromatic ring is 1. The lowest BCUT2D eigenvalue weighted by Crippen LogP contribution is -2.13. The minimum atomic E-state index is -0.258. The molecule has 0 spiro atoms. The molecule has 5 nitrogen and oxygen atoms in total. The predicted molar refractivity (Wildman–Crippen MR) is 83.1 cm³/mol. The largest absolute Gasteiger partial charge is 0.493 e. The van der Waals surface area contributed by atoms with Crippen molar-refractivity contribution in [1.29, 1.82) is 0 Å². The van der Waals surface area contributed by atoms with Crippen molar-refractivity contribution in [2.75, 3.05) is 25.3 Å². The molecule has 2 aromatic carbocycles. The third-order valence-corrected chi connectivity index (χ3v) is 3.10. The number of benzene rings is 2. The average Bonchev–Trinajstić information content (AvgIpc) is 2.49.